The molecule has 2 aromatic heterocycles. The van der Waals surface area contributed by atoms with Crippen molar-refractivity contribution in [1.82, 2.24) is 15.0 Å². The zero-order chi connectivity index (χ0) is 19.9. The lowest BCUT2D eigenvalue weighted by Gasteiger charge is -2.18. The molecular formula is C18H17F3N6O. The number of halogens is 3. The van der Waals surface area contributed by atoms with Crippen molar-refractivity contribution in [2.45, 2.75) is 18.6 Å². The third-order valence-corrected chi connectivity index (χ3v) is 4.57. The fourth-order valence-electron chi connectivity index (χ4n) is 3.19. The van der Waals surface area contributed by atoms with Crippen molar-refractivity contribution in [2.24, 2.45) is 5.73 Å². The predicted octanol–water partition coefficient (Wildman–Crippen LogP) is 2.62. The molecule has 0 saturated carbocycles. The Balaban J connectivity index is 1.80. The zero-order valence-electron chi connectivity index (χ0n) is 14.6. The lowest BCUT2D eigenvalue weighted by molar-refractivity contribution is -0.137. The molecule has 0 unspecified atom stereocenters. The molecule has 10 heteroatoms. The summed E-state index contributed by atoms with van der Waals surface area (Å²) in [4.78, 5) is 25.6. The summed E-state index contributed by atoms with van der Waals surface area (Å²) >= 11 is 0. The summed E-state index contributed by atoms with van der Waals surface area (Å²) in [7, 11) is 0. The Morgan fingerprint density at radius 2 is 2.07 bits per heavy atom. The number of aromatic nitrogens is 3. The van der Waals surface area contributed by atoms with Gasteiger partial charge in [-0.2, -0.15) is 18.2 Å². The minimum atomic E-state index is -4.47. The number of fused-ring (bicyclic) bond motifs is 1. The van der Waals surface area contributed by atoms with E-state index in [0.717, 1.165) is 18.6 Å². The molecular weight excluding hydrogens is 373 g/mol. The van der Waals surface area contributed by atoms with Crippen LogP contribution >= 0.6 is 0 Å². The number of nitrogens with zero attached hydrogens (tertiary/aromatic N) is 3. The molecule has 3 heterocycles. The lowest BCUT2D eigenvalue weighted by Crippen LogP contribution is -2.28. The summed E-state index contributed by atoms with van der Waals surface area (Å²) < 4.78 is 39.0. The maximum Gasteiger partial charge on any atom is 0.416 e. The number of hydrogen-bond acceptors (Lipinski definition) is 6. The molecule has 0 bridgehead atoms. The smallest absolute Gasteiger partial charge is 0.339 e. The van der Waals surface area contributed by atoms with Crippen molar-refractivity contribution in [3.05, 3.63) is 52.4 Å². The molecule has 28 heavy (non-hydrogen) atoms. The van der Waals surface area contributed by atoms with E-state index in [1.807, 2.05) is 4.90 Å². The predicted molar refractivity (Wildman–Crippen MR) is 99.7 cm³/mol. The maximum atomic E-state index is 13.0. The van der Waals surface area contributed by atoms with Crippen LogP contribution in [0.4, 0.5) is 30.6 Å². The number of aromatic amines is 1. The van der Waals surface area contributed by atoms with Gasteiger partial charge in [0.2, 0.25) is 5.95 Å². The first-order chi connectivity index (χ1) is 13.3. The number of hydrogen-bond donors (Lipinski definition) is 3. The number of benzene rings is 1. The minimum Gasteiger partial charge on any atom is -0.339 e. The molecule has 1 aromatic carbocycles. The highest BCUT2D eigenvalue weighted by molar-refractivity contribution is 5.91. The molecule has 0 radical (unpaired) electrons. The molecule has 0 amide bonds. The van der Waals surface area contributed by atoms with Crippen molar-refractivity contribution in [3.63, 3.8) is 0 Å². The average molecular weight is 390 g/mol. The second kappa shape index (κ2) is 6.79. The van der Waals surface area contributed by atoms with Crippen molar-refractivity contribution in [3.8, 4) is 0 Å². The van der Waals surface area contributed by atoms with Crippen LogP contribution in [0.25, 0.3) is 10.9 Å². The van der Waals surface area contributed by atoms with Gasteiger partial charge in [-0.25, -0.2) is 4.98 Å². The molecule has 0 spiro atoms. The highest BCUT2D eigenvalue weighted by Crippen LogP contribution is 2.32. The minimum absolute atomic E-state index is 0.00153. The van der Waals surface area contributed by atoms with Crippen LogP contribution in [0.1, 0.15) is 12.0 Å². The lowest BCUT2D eigenvalue weighted by atomic mass is 10.2. The van der Waals surface area contributed by atoms with E-state index in [2.05, 4.69) is 20.3 Å². The van der Waals surface area contributed by atoms with Crippen LogP contribution < -0.4 is 21.5 Å². The van der Waals surface area contributed by atoms with E-state index in [1.165, 1.54) is 18.3 Å². The second-order valence-corrected chi connectivity index (χ2v) is 6.64. The van der Waals surface area contributed by atoms with Crippen LogP contribution in [0.2, 0.25) is 0 Å². The van der Waals surface area contributed by atoms with Crippen LogP contribution in [0, 0.1) is 0 Å². The van der Waals surface area contributed by atoms with Gasteiger partial charge in [0.05, 0.1) is 11.1 Å². The fraction of sp³-hybridized carbons (Fsp3) is 0.278. The van der Waals surface area contributed by atoms with Crippen LogP contribution in [-0.4, -0.2) is 34.1 Å². The van der Waals surface area contributed by atoms with E-state index in [9.17, 15) is 18.0 Å². The Kier molecular flexibility index (Phi) is 4.42. The monoisotopic (exact) mass is 390 g/mol. The van der Waals surface area contributed by atoms with E-state index in [-0.39, 0.29) is 22.9 Å². The largest absolute Gasteiger partial charge is 0.416 e. The summed E-state index contributed by atoms with van der Waals surface area (Å²) in [5.74, 6) is 0.516. The number of H-pyrrole nitrogens is 1. The first-order valence-corrected chi connectivity index (χ1v) is 8.65. The normalized spacial score (nSPS) is 17.3. The van der Waals surface area contributed by atoms with Gasteiger partial charge in [-0.05, 0) is 30.7 Å². The van der Waals surface area contributed by atoms with Gasteiger partial charge in [-0.1, -0.05) is 6.07 Å². The van der Waals surface area contributed by atoms with Crippen LogP contribution in [-0.2, 0) is 6.18 Å². The first kappa shape index (κ1) is 18.2. The molecule has 4 rings (SSSR count). The summed E-state index contributed by atoms with van der Waals surface area (Å²) in [6.07, 6.45) is -2.22. The van der Waals surface area contributed by atoms with Crippen molar-refractivity contribution >= 4 is 28.4 Å². The van der Waals surface area contributed by atoms with E-state index in [1.54, 1.807) is 6.07 Å². The topological polar surface area (TPSA) is 99.9 Å². The van der Waals surface area contributed by atoms with Gasteiger partial charge >= 0.3 is 6.18 Å². The third kappa shape index (κ3) is 3.50. The highest BCUT2D eigenvalue weighted by Gasteiger charge is 2.30. The van der Waals surface area contributed by atoms with Gasteiger partial charge in [-0.15, -0.1) is 0 Å². The van der Waals surface area contributed by atoms with E-state index < -0.39 is 17.3 Å². The number of nitrogens with two attached hydrogens (primary N) is 1. The van der Waals surface area contributed by atoms with E-state index in [0.29, 0.717) is 24.6 Å². The number of nitrogens with one attached hydrogen (secondary N) is 2. The van der Waals surface area contributed by atoms with E-state index in [4.69, 9.17) is 5.73 Å². The zero-order valence-corrected chi connectivity index (χ0v) is 14.6. The van der Waals surface area contributed by atoms with Crippen molar-refractivity contribution in [2.75, 3.05) is 23.3 Å². The van der Waals surface area contributed by atoms with Gasteiger partial charge in [0.15, 0.2) is 0 Å². The van der Waals surface area contributed by atoms with Gasteiger partial charge < -0.3 is 20.9 Å². The van der Waals surface area contributed by atoms with Gasteiger partial charge in [0.25, 0.3) is 5.56 Å². The summed E-state index contributed by atoms with van der Waals surface area (Å²) in [5, 5.41) is 3.02. The first-order valence-electron chi connectivity index (χ1n) is 8.65. The van der Waals surface area contributed by atoms with Crippen LogP contribution in [0.15, 0.2) is 41.3 Å². The average Bonchev–Trinajstić information content (AvgIpc) is 3.07. The molecule has 7 nitrogen and oxygen atoms in total. The second-order valence-electron chi connectivity index (χ2n) is 6.64. The number of anilines is 3. The SMILES string of the molecule is N[C@@H]1CCN(c2nc(Nc3cccc(C(F)(F)F)c3)c3c(=O)[nH]ccc3n2)C1. The number of rotatable bonds is 3. The molecule has 1 aliphatic rings. The Morgan fingerprint density at radius 1 is 1.25 bits per heavy atom. The van der Waals surface area contributed by atoms with Crippen LogP contribution in [0.3, 0.4) is 0 Å². The summed E-state index contributed by atoms with van der Waals surface area (Å²) in [6.45, 7) is 1.23. The fourth-order valence-corrected chi connectivity index (χ4v) is 3.19. The number of alkyl halides is 3. The summed E-state index contributed by atoms with van der Waals surface area (Å²) in [6, 6.07) is 6.34. The van der Waals surface area contributed by atoms with Crippen molar-refractivity contribution < 1.29 is 13.2 Å². The Labute approximate surface area is 157 Å². The molecule has 1 saturated heterocycles. The number of pyridine rings is 1. The molecule has 4 N–H and O–H groups in total. The summed E-state index contributed by atoms with van der Waals surface area (Å²) in [5.41, 5.74) is 5.28. The molecule has 1 atom stereocenters. The standard InChI is InChI=1S/C18H17F3N6O/c19-18(20,21)10-2-1-3-12(8-10)24-15-14-13(4-6-23-16(14)28)25-17(26-15)27-7-5-11(22)9-27/h1-4,6,8,11H,5,7,9,22H2,(H,23,28)(H,24,25,26)/t11-/m1/s1. The van der Waals surface area contributed by atoms with Gasteiger partial charge in [0.1, 0.15) is 11.2 Å². The Bertz CT molecular complexity index is 1080. The molecule has 1 fully saturated rings. The Hall–Kier alpha value is -3.14. The van der Waals surface area contributed by atoms with E-state index >= 15 is 0 Å². The Morgan fingerprint density at radius 3 is 2.79 bits per heavy atom. The highest BCUT2D eigenvalue weighted by atomic mass is 19.4. The quantitative estimate of drug-likeness (QED) is 0.636. The molecule has 3 aromatic rings. The molecule has 1 aliphatic heterocycles. The third-order valence-electron chi connectivity index (χ3n) is 4.57. The van der Waals surface area contributed by atoms with Gasteiger partial charge in [-0.3, -0.25) is 4.79 Å². The van der Waals surface area contributed by atoms with Crippen molar-refractivity contribution in [1.29, 1.82) is 0 Å². The van der Waals surface area contributed by atoms with Crippen LogP contribution in [0.5, 0.6) is 0 Å². The van der Waals surface area contributed by atoms with Gasteiger partial charge in [0, 0.05) is 31.0 Å². The maximum absolute atomic E-state index is 13.0. The molecule has 0 aliphatic carbocycles. The molecule has 146 valence electrons.